The van der Waals surface area contributed by atoms with Crippen molar-refractivity contribution in [2.24, 2.45) is 11.8 Å². The Morgan fingerprint density at radius 2 is 0.580 bits per heavy atom. The van der Waals surface area contributed by atoms with E-state index in [0.717, 1.165) is 6.92 Å². The summed E-state index contributed by atoms with van der Waals surface area (Å²) in [7, 11) is 0. The van der Waals surface area contributed by atoms with E-state index in [9.17, 15) is 123 Å². The van der Waals surface area contributed by atoms with Crippen molar-refractivity contribution in [2.45, 2.75) is 112 Å². The lowest BCUT2D eigenvalue weighted by Crippen LogP contribution is -2.62. The van der Waals surface area contributed by atoms with Gasteiger partial charge in [0.1, 0.15) is 0 Å². The van der Waals surface area contributed by atoms with Crippen LogP contribution in [-0.2, 0) is 0 Å². The molecule has 0 aromatic carbocycles. The summed E-state index contributed by atoms with van der Waals surface area (Å²) >= 11 is 0. The lowest BCUT2D eigenvalue weighted by atomic mass is 9.76. The Kier molecular flexibility index (Phi) is 16.1. The molecule has 0 N–H and O–H groups in total. The number of rotatable bonds is 8. The van der Waals surface area contributed by atoms with Gasteiger partial charge >= 0.3 is 60.7 Å². The first kappa shape index (κ1) is 52.1. The molecule has 2 atom stereocenters. The second-order valence-electron chi connectivity index (χ2n) is 9.80. The average molecular weight is 816 g/mol. The minimum Gasteiger partial charge on any atom is -0.224 e. The quantitative estimate of drug-likeness (QED) is 0.169. The minimum atomic E-state index is -6.91. The van der Waals surface area contributed by atoms with Gasteiger partial charge in [-0.05, 0) is 6.42 Å². The third-order valence-electron chi connectivity index (χ3n) is 6.44. The number of hydrogen-bond donors (Lipinski definition) is 0. The summed E-state index contributed by atoms with van der Waals surface area (Å²) in [5.74, 6) is -8.08. The maximum absolute atomic E-state index is 13.8. The van der Waals surface area contributed by atoms with Gasteiger partial charge in [-0.1, -0.05) is 20.3 Å². The lowest BCUT2D eigenvalue weighted by Gasteiger charge is -2.40. The van der Waals surface area contributed by atoms with E-state index in [4.69, 9.17) is 0 Å². The molecule has 0 saturated carbocycles. The monoisotopic (exact) mass is 816 g/mol. The summed E-state index contributed by atoms with van der Waals surface area (Å²) in [5, 5.41) is 0. The van der Waals surface area contributed by atoms with Crippen LogP contribution in [0.1, 0.15) is 39.5 Å². The minimum absolute atomic E-state index is 0.549. The zero-order valence-electron chi connectivity index (χ0n) is 24.0. The molecule has 0 heterocycles. The Hall–Kier alpha value is -2.22. The molecule has 0 aliphatic heterocycles. The normalized spacial score (nSPS) is 16.5. The van der Waals surface area contributed by atoms with Crippen LogP contribution in [0.5, 0.6) is 0 Å². The maximum atomic E-state index is 13.8. The summed E-state index contributed by atoms with van der Waals surface area (Å²) in [6, 6.07) is 0. The molecule has 0 saturated heterocycles. The molecular weight excluding hydrogens is 796 g/mol. The van der Waals surface area contributed by atoms with E-state index < -0.39 is 117 Å². The van der Waals surface area contributed by atoms with Crippen molar-refractivity contribution >= 4 is 0 Å². The topological polar surface area (TPSA) is 0 Å². The zero-order chi connectivity index (χ0) is 42.0. The molecule has 0 rings (SSSR count). The summed E-state index contributed by atoms with van der Waals surface area (Å²) in [5.41, 5.74) is -25.8. The molecule has 0 aliphatic carbocycles. The van der Waals surface area contributed by atoms with Gasteiger partial charge in [-0.25, -0.2) is 17.6 Å². The van der Waals surface area contributed by atoms with Crippen LogP contribution < -0.4 is 0 Å². The van der Waals surface area contributed by atoms with Gasteiger partial charge in [0.2, 0.25) is 0 Å². The molecule has 0 aromatic heterocycles. The maximum Gasteiger partial charge on any atom is 0.431 e. The van der Waals surface area contributed by atoms with Gasteiger partial charge in [-0.3, -0.25) is 0 Å². The van der Waals surface area contributed by atoms with Crippen LogP contribution in [0.2, 0.25) is 0 Å². The third-order valence-corrected chi connectivity index (χ3v) is 6.44. The zero-order valence-corrected chi connectivity index (χ0v) is 24.0. The van der Waals surface area contributed by atoms with E-state index in [0.29, 0.717) is 0 Å². The highest BCUT2D eigenvalue weighted by Crippen LogP contribution is 2.59. The second-order valence-corrected chi connectivity index (χ2v) is 9.80. The van der Waals surface area contributed by atoms with Gasteiger partial charge < -0.3 is 0 Å². The van der Waals surface area contributed by atoms with Crippen molar-refractivity contribution in [1.29, 1.82) is 0 Å². The van der Waals surface area contributed by atoms with Crippen molar-refractivity contribution in [3.63, 3.8) is 0 Å². The van der Waals surface area contributed by atoms with Crippen LogP contribution in [-0.4, -0.2) is 72.1 Å². The van der Waals surface area contributed by atoms with Crippen LogP contribution in [0.3, 0.4) is 0 Å². The first-order valence-corrected chi connectivity index (χ1v) is 12.1. The van der Waals surface area contributed by atoms with Crippen molar-refractivity contribution in [1.82, 2.24) is 0 Å². The fraction of sp³-hybridized carbons (Fsp3) is 0.909. The van der Waals surface area contributed by atoms with Crippen LogP contribution in [0.15, 0.2) is 13.2 Å². The predicted octanol–water partition coefficient (Wildman–Crippen LogP) is 12.9. The predicted molar refractivity (Wildman–Crippen MR) is 112 cm³/mol. The van der Waals surface area contributed by atoms with Gasteiger partial charge in [-0.2, -0.15) is 105 Å². The smallest absolute Gasteiger partial charge is 0.224 e. The first-order valence-electron chi connectivity index (χ1n) is 12.1. The van der Waals surface area contributed by atoms with Gasteiger partial charge in [0.15, 0.2) is 0 Å². The molecule has 0 nitrogen and oxygen atoms in total. The highest BCUT2D eigenvalue weighted by atomic mass is 19.5. The summed E-state index contributed by atoms with van der Waals surface area (Å²) in [6.45, 7) is 6.23. The van der Waals surface area contributed by atoms with Crippen LogP contribution in [0.4, 0.5) is 123 Å². The molecular formula is C22H20F28. The molecule has 0 spiro atoms. The Morgan fingerprint density at radius 3 is 0.760 bits per heavy atom. The third kappa shape index (κ3) is 10.2. The first-order chi connectivity index (χ1) is 21.3. The molecule has 0 aliphatic rings. The van der Waals surface area contributed by atoms with Gasteiger partial charge in [0, 0.05) is 24.7 Å². The SMILES string of the molecule is C=C.CC(CC(F)(C(F)(F)F)C(F)(F)F)C(F)(C(F)(F)F)C(F)(F)F.CCCC(CC(F)(C(F)(F)F)C(F)(F)F)C(F)(C(F)(F)F)C(F)(F)F. The van der Waals surface area contributed by atoms with E-state index in [-0.39, 0.29) is 0 Å². The summed E-state index contributed by atoms with van der Waals surface area (Å²) in [6.07, 6.45) is -64.8. The van der Waals surface area contributed by atoms with E-state index in [1.807, 2.05) is 0 Å². The average Bonchev–Trinajstić information content (AvgIpc) is 2.83. The van der Waals surface area contributed by atoms with Gasteiger partial charge in [-0.15, -0.1) is 13.2 Å². The fourth-order valence-electron chi connectivity index (χ4n) is 3.82. The largest absolute Gasteiger partial charge is 0.431 e. The fourth-order valence-corrected chi connectivity index (χ4v) is 3.82. The Balaban J connectivity index is -0.000000844. The number of hydrogen-bond acceptors (Lipinski definition) is 0. The molecule has 0 aromatic rings. The Morgan fingerprint density at radius 1 is 0.360 bits per heavy atom. The highest BCUT2D eigenvalue weighted by molar-refractivity contribution is 5.06. The standard InChI is InChI=1S/C11H10F14.C9H6F14.C2H4/c1-2-3-5(7(13,10(20,21)22)11(23,24)25)4-6(12,8(14,15)16)9(17,18)19;1-3(5(11,8(18,19)20)9(21,22)23)2-4(10,6(12,13)14)7(15,16)17;1-2/h5H,2-4H2,1H3;3H,2H2,1H3;1-2H2. The van der Waals surface area contributed by atoms with Gasteiger partial charge in [0.05, 0.1) is 0 Å². The molecule has 0 bridgehead atoms. The Labute approximate surface area is 260 Å². The van der Waals surface area contributed by atoms with Crippen LogP contribution in [0.25, 0.3) is 0 Å². The highest BCUT2D eigenvalue weighted by Gasteiger charge is 2.81. The van der Waals surface area contributed by atoms with Crippen LogP contribution >= 0.6 is 0 Å². The molecule has 0 fully saturated rings. The number of halogens is 28. The second kappa shape index (κ2) is 15.4. The molecule has 0 amide bonds. The van der Waals surface area contributed by atoms with Gasteiger partial charge in [0.25, 0.3) is 11.3 Å². The van der Waals surface area contributed by atoms with Crippen molar-refractivity contribution < 1.29 is 123 Å². The van der Waals surface area contributed by atoms with Crippen molar-refractivity contribution in [3.05, 3.63) is 13.2 Å². The van der Waals surface area contributed by atoms with Crippen LogP contribution in [0, 0.1) is 11.8 Å². The molecule has 0 radical (unpaired) electrons. The van der Waals surface area contributed by atoms with E-state index in [2.05, 4.69) is 13.2 Å². The number of alkyl halides is 28. The molecule has 50 heavy (non-hydrogen) atoms. The summed E-state index contributed by atoms with van der Waals surface area (Å²) < 4.78 is 350. The molecule has 28 heteroatoms. The molecule has 2 unspecified atom stereocenters. The van der Waals surface area contributed by atoms with E-state index >= 15 is 0 Å². The molecule has 304 valence electrons. The Bertz CT molecular complexity index is 968. The lowest BCUT2D eigenvalue weighted by molar-refractivity contribution is -0.380. The van der Waals surface area contributed by atoms with E-state index in [1.165, 1.54) is 0 Å². The van der Waals surface area contributed by atoms with Crippen molar-refractivity contribution in [2.75, 3.05) is 0 Å². The van der Waals surface area contributed by atoms with Crippen molar-refractivity contribution in [3.8, 4) is 0 Å². The van der Waals surface area contributed by atoms with E-state index in [1.54, 1.807) is 0 Å². The summed E-state index contributed by atoms with van der Waals surface area (Å²) in [4.78, 5) is 0.